The topological polar surface area (TPSA) is 108 Å². The van der Waals surface area contributed by atoms with Crippen LogP contribution in [0.1, 0.15) is 16.7 Å². The summed E-state index contributed by atoms with van der Waals surface area (Å²) in [6.07, 6.45) is 0. The molecule has 0 bridgehead atoms. The van der Waals surface area contributed by atoms with Crippen molar-refractivity contribution in [2.75, 3.05) is 10.0 Å². The van der Waals surface area contributed by atoms with E-state index in [4.69, 9.17) is 11.6 Å². The lowest BCUT2D eigenvalue weighted by Gasteiger charge is -2.14. The standard InChI is InChI=1S/C25H20ClN5O2S/c1-16-3-11-20(12-4-16)28-24-22(15-27)23(18-7-9-19(26)10-8-18)29-25(30-24)31-34(32,33)21-13-5-17(2)6-14-21/h3-14H,1-2H3,(H2,28,29,30,31). The van der Waals surface area contributed by atoms with Crippen LogP contribution < -0.4 is 10.0 Å². The summed E-state index contributed by atoms with van der Waals surface area (Å²) in [5.74, 6) is 0.00652. The number of sulfonamides is 1. The molecule has 1 aromatic heterocycles. The predicted octanol–water partition coefficient (Wildman–Crippen LogP) is 5.83. The Morgan fingerprint density at radius 2 is 1.44 bits per heavy atom. The van der Waals surface area contributed by atoms with Crippen molar-refractivity contribution in [2.24, 2.45) is 0 Å². The first-order valence-electron chi connectivity index (χ1n) is 10.3. The number of aryl methyl sites for hydroxylation is 2. The number of nitrogens with zero attached hydrogens (tertiary/aromatic N) is 3. The third kappa shape index (κ3) is 5.17. The largest absolute Gasteiger partial charge is 0.339 e. The summed E-state index contributed by atoms with van der Waals surface area (Å²) < 4.78 is 28.4. The molecule has 34 heavy (non-hydrogen) atoms. The van der Waals surface area contributed by atoms with Crippen LogP contribution in [-0.2, 0) is 10.0 Å². The van der Waals surface area contributed by atoms with E-state index in [0.29, 0.717) is 16.3 Å². The van der Waals surface area contributed by atoms with Crippen molar-refractivity contribution in [3.8, 4) is 17.3 Å². The lowest BCUT2D eigenvalue weighted by Crippen LogP contribution is -2.16. The molecule has 0 amide bonds. The molecule has 2 N–H and O–H groups in total. The Kier molecular flexibility index (Phi) is 6.50. The Labute approximate surface area is 203 Å². The summed E-state index contributed by atoms with van der Waals surface area (Å²) in [6.45, 7) is 3.83. The minimum absolute atomic E-state index is 0.0761. The zero-order chi connectivity index (χ0) is 24.3. The summed E-state index contributed by atoms with van der Waals surface area (Å²) in [7, 11) is -3.96. The molecule has 4 rings (SSSR count). The van der Waals surface area contributed by atoms with Crippen molar-refractivity contribution in [1.29, 1.82) is 5.26 Å². The lowest BCUT2D eigenvalue weighted by molar-refractivity contribution is 0.601. The van der Waals surface area contributed by atoms with Gasteiger partial charge in [-0.1, -0.05) is 59.1 Å². The highest BCUT2D eigenvalue weighted by atomic mass is 35.5. The van der Waals surface area contributed by atoms with Gasteiger partial charge >= 0.3 is 0 Å². The Morgan fingerprint density at radius 1 is 0.853 bits per heavy atom. The van der Waals surface area contributed by atoms with E-state index in [2.05, 4.69) is 26.1 Å². The maximum absolute atomic E-state index is 13.0. The van der Waals surface area contributed by atoms with Gasteiger partial charge in [0.1, 0.15) is 11.6 Å². The third-order valence-electron chi connectivity index (χ3n) is 5.01. The molecule has 0 fully saturated rings. The van der Waals surface area contributed by atoms with Gasteiger partial charge in [0, 0.05) is 16.3 Å². The number of anilines is 3. The van der Waals surface area contributed by atoms with Crippen molar-refractivity contribution in [3.63, 3.8) is 0 Å². The monoisotopic (exact) mass is 489 g/mol. The molecular formula is C25H20ClN5O2S. The molecule has 0 spiro atoms. The van der Waals surface area contributed by atoms with Crippen LogP contribution in [0.15, 0.2) is 77.7 Å². The third-order valence-corrected chi connectivity index (χ3v) is 6.61. The Bertz CT molecular complexity index is 1480. The molecule has 0 atom stereocenters. The van der Waals surface area contributed by atoms with Gasteiger partial charge in [0.2, 0.25) is 5.95 Å². The number of hydrogen-bond acceptors (Lipinski definition) is 6. The van der Waals surface area contributed by atoms with Gasteiger partial charge in [-0.15, -0.1) is 0 Å². The van der Waals surface area contributed by atoms with Crippen LogP contribution in [-0.4, -0.2) is 18.4 Å². The summed E-state index contributed by atoms with van der Waals surface area (Å²) in [4.78, 5) is 8.79. The predicted molar refractivity (Wildman–Crippen MR) is 134 cm³/mol. The zero-order valence-electron chi connectivity index (χ0n) is 18.4. The van der Waals surface area contributed by atoms with E-state index in [1.54, 1.807) is 36.4 Å². The van der Waals surface area contributed by atoms with Gasteiger partial charge in [-0.3, -0.25) is 0 Å². The van der Waals surface area contributed by atoms with Crippen molar-refractivity contribution >= 4 is 39.1 Å². The van der Waals surface area contributed by atoms with E-state index in [1.807, 2.05) is 38.1 Å². The zero-order valence-corrected chi connectivity index (χ0v) is 19.9. The van der Waals surface area contributed by atoms with E-state index < -0.39 is 10.0 Å². The summed E-state index contributed by atoms with van der Waals surface area (Å²) in [6, 6.07) is 22.8. The first kappa shape index (κ1) is 23.2. The van der Waals surface area contributed by atoms with Crippen molar-refractivity contribution in [2.45, 2.75) is 18.7 Å². The summed E-state index contributed by atoms with van der Waals surface area (Å²) in [5, 5.41) is 13.6. The molecule has 4 aromatic rings. The van der Waals surface area contributed by atoms with Gasteiger partial charge in [-0.2, -0.15) is 10.2 Å². The molecule has 0 aliphatic heterocycles. The van der Waals surface area contributed by atoms with E-state index in [1.165, 1.54) is 12.1 Å². The average molecular weight is 490 g/mol. The van der Waals surface area contributed by atoms with Gasteiger partial charge in [-0.05, 0) is 50.2 Å². The smallest absolute Gasteiger partial charge is 0.264 e. The van der Waals surface area contributed by atoms with Crippen molar-refractivity contribution in [1.82, 2.24) is 9.97 Å². The number of nitrogens with one attached hydrogen (secondary N) is 2. The number of nitriles is 1. The average Bonchev–Trinajstić information content (AvgIpc) is 2.81. The van der Waals surface area contributed by atoms with Crippen LogP contribution in [0.4, 0.5) is 17.5 Å². The fourth-order valence-corrected chi connectivity index (χ4v) is 4.26. The van der Waals surface area contributed by atoms with Gasteiger partial charge in [0.05, 0.1) is 10.6 Å². The Hall–Kier alpha value is -3.93. The second-order valence-electron chi connectivity index (χ2n) is 7.65. The Balaban J connectivity index is 1.83. The van der Waals surface area contributed by atoms with Crippen LogP contribution in [0.5, 0.6) is 0 Å². The van der Waals surface area contributed by atoms with E-state index in [9.17, 15) is 13.7 Å². The van der Waals surface area contributed by atoms with Crippen LogP contribution >= 0.6 is 11.6 Å². The van der Waals surface area contributed by atoms with Gasteiger partial charge in [0.25, 0.3) is 10.0 Å². The molecule has 0 saturated carbocycles. The number of halogens is 1. The normalized spacial score (nSPS) is 11.0. The maximum atomic E-state index is 13.0. The van der Waals surface area contributed by atoms with E-state index in [-0.39, 0.29) is 27.9 Å². The Morgan fingerprint density at radius 3 is 2.03 bits per heavy atom. The molecule has 7 nitrogen and oxygen atoms in total. The van der Waals surface area contributed by atoms with Crippen LogP contribution in [0.25, 0.3) is 11.3 Å². The molecule has 0 aliphatic rings. The van der Waals surface area contributed by atoms with E-state index in [0.717, 1.165) is 11.1 Å². The highest BCUT2D eigenvalue weighted by Gasteiger charge is 2.21. The summed E-state index contributed by atoms with van der Waals surface area (Å²) >= 11 is 6.02. The maximum Gasteiger partial charge on any atom is 0.264 e. The van der Waals surface area contributed by atoms with E-state index >= 15 is 0 Å². The minimum Gasteiger partial charge on any atom is -0.339 e. The fourth-order valence-electron chi connectivity index (χ4n) is 3.19. The molecular weight excluding hydrogens is 470 g/mol. The second-order valence-corrected chi connectivity index (χ2v) is 9.77. The van der Waals surface area contributed by atoms with Gasteiger partial charge in [0.15, 0.2) is 5.82 Å². The number of hydrogen-bond donors (Lipinski definition) is 2. The minimum atomic E-state index is -3.96. The van der Waals surface area contributed by atoms with Crippen molar-refractivity contribution in [3.05, 3.63) is 94.5 Å². The molecule has 3 aromatic carbocycles. The molecule has 0 unspecified atom stereocenters. The molecule has 0 saturated heterocycles. The second kappa shape index (κ2) is 9.51. The molecule has 1 heterocycles. The van der Waals surface area contributed by atoms with Crippen molar-refractivity contribution < 1.29 is 8.42 Å². The quantitative estimate of drug-likeness (QED) is 0.352. The van der Waals surface area contributed by atoms with Gasteiger partial charge in [-0.25, -0.2) is 18.1 Å². The lowest BCUT2D eigenvalue weighted by atomic mass is 10.1. The molecule has 9 heteroatoms. The first-order valence-corrected chi connectivity index (χ1v) is 12.1. The SMILES string of the molecule is Cc1ccc(Nc2nc(NS(=O)(=O)c3ccc(C)cc3)nc(-c3ccc(Cl)cc3)c2C#N)cc1. The van der Waals surface area contributed by atoms with Crippen LogP contribution in [0, 0.1) is 25.2 Å². The molecule has 170 valence electrons. The highest BCUT2D eigenvalue weighted by Crippen LogP contribution is 2.30. The fraction of sp³-hybridized carbons (Fsp3) is 0.0800. The first-order chi connectivity index (χ1) is 16.2. The highest BCUT2D eigenvalue weighted by molar-refractivity contribution is 7.92. The van der Waals surface area contributed by atoms with Crippen LogP contribution in [0.2, 0.25) is 5.02 Å². The molecule has 0 aliphatic carbocycles. The number of benzene rings is 3. The van der Waals surface area contributed by atoms with Gasteiger partial charge < -0.3 is 5.32 Å². The van der Waals surface area contributed by atoms with Crippen LogP contribution in [0.3, 0.4) is 0 Å². The summed E-state index contributed by atoms with van der Waals surface area (Å²) in [5.41, 5.74) is 3.72. The molecule has 0 radical (unpaired) electrons. The number of rotatable bonds is 6. The number of aromatic nitrogens is 2.